The van der Waals surface area contributed by atoms with Crippen LogP contribution in [0.2, 0.25) is 0 Å². The van der Waals surface area contributed by atoms with Gasteiger partial charge in [-0.3, -0.25) is 0 Å². The predicted octanol–water partition coefficient (Wildman–Crippen LogP) is 3.94. The summed E-state index contributed by atoms with van der Waals surface area (Å²) in [5.74, 6) is 0.863. The Labute approximate surface area is 102 Å². The average molecular weight is 240 g/mol. The molecule has 0 heterocycles. The van der Waals surface area contributed by atoms with E-state index in [0.29, 0.717) is 6.61 Å². The van der Waals surface area contributed by atoms with E-state index in [9.17, 15) is 0 Å². The molecule has 0 aromatic heterocycles. The molecule has 82 valence electrons. The lowest BCUT2D eigenvalue weighted by molar-refractivity contribution is 0.339. The lowest BCUT2D eigenvalue weighted by Crippen LogP contribution is -1.95. The molecular formula is C12H16OS2. The minimum absolute atomic E-state index is 0.655. The Bertz CT molecular complexity index is 379. The molecule has 0 unspecified atom stereocenters. The summed E-state index contributed by atoms with van der Waals surface area (Å²) in [6.07, 6.45) is 0. The summed E-state index contributed by atoms with van der Waals surface area (Å²) >= 11 is 8.75. The smallest absolute Gasteiger partial charge is 0.127 e. The average Bonchev–Trinajstić information content (AvgIpc) is 2.20. The molecule has 0 saturated heterocycles. The standard InChI is InChI=1S/C12H16OS2/c1-4-13-11-6-5-8(2)7-10(11)12(15)9(3)14/h5-7,14-15H,4H2,1-3H3. The maximum atomic E-state index is 5.55. The number of ether oxygens (including phenoxy) is 1. The summed E-state index contributed by atoms with van der Waals surface area (Å²) < 4.78 is 5.55. The first-order valence-corrected chi connectivity index (χ1v) is 5.78. The molecule has 0 fully saturated rings. The van der Waals surface area contributed by atoms with Crippen molar-refractivity contribution in [3.63, 3.8) is 0 Å². The van der Waals surface area contributed by atoms with Crippen molar-refractivity contribution in [1.82, 2.24) is 0 Å². The maximum Gasteiger partial charge on any atom is 0.127 e. The Morgan fingerprint density at radius 3 is 2.53 bits per heavy atom. The first-order valence-electron chi connectivity index (χ1n) is 4.89. The van der Waals surface area contributed by atoms with E-state index in [-0.39, 0.29) is 0 Å². The van der Waals surface area contributed by atoms with Gasteiger partial charge in [0.1, 0.15) is 5.75 Å². The van der Waals surface area contributed by atoms with Crippen molar-refractivity contribution < 1.29 is 4.74 Å². The molecule has 0 aliphatic carbocycles. The van der Waals surface area contributed by atoms with Crippen LogP contribution >= 0.6 is 25.3 Å². The van der Waals surface area contributed by atoms with Crippen molar-refractivity contribution in [2.45, 2.75) is 20.8 Å². The fourth-order valence-corrected chi connectivity index (χ4v) is 1.60. The number of rotatable bonds is 3. The van der Waals surface area contributed by atoms with Gasteiger partial charge >= 0.3 is 0 Å². The van der Waals surface area contributed by atoms with Crippen LogP contribution in [0.4, 0.5) is 0 Å². The third-order valence-electron chi connectivity index (χ3n) is 2.03. The molecular weight excluding hydrogens is 224 g/mol. The highest BCUT2D eigenvalue weighted by atomic mass is 32.1. The van der Waals surface area contributed by atoms with Crippen molar-refractivity contribution in [3.8, 4) is 5.75 Å². The van der Waals surface area contributed by atoms with Crippen molar-refractivity contribution in [1.29, 1.82) is 0 Å². The van der Waals surface area contributed by atoms with Gasteiger partial charge in [0.05, 0.1) is 6.61 Å². The maximum absolute atomic E-state index is 5.55. The molecule has 0 radical (unpaired) electrons. The second-order valence-electron chi connectivity index (χ2n) is 3.37. The van der Waals surface area contributed by atoms with Gasteiger partial charge in [0, 0.05) is 10.5 Å². The fourth-order valence-electron chi connectivity index (χ4n) is 1.31. The van der Waals surface area contributed by atoms with Crippen LogP contribution in [0.25, 0.3) is 4.91 Å². The molecule has 0 atom stereocenters. The van der Waals surface area contributed by atoms with Crippen LogP contribution < -0.4 is 4.74 Å². The third kappa shape index (κ3) is 3.21. The summed E-state index contributed by atoms with van der Waals surface area (Å²) in [5.41, 5.74) is 2.20. The SMILES string of the molecule is CCOc1ccc(C)cc1C(S)=C(C)S. The first kappa shape index (κ1) is 12.5. The van der Waals surface area contributed by atoms with Gasteiger partial charge < -0.3 is 4.74 Å². The van der Waals surface area contributed by atoms with Crippen LogP contribution in [-0.4, -0.2) is 6.61 Å². The lowest BCUT2D eigenvalue weighted by atomic mass is 10.1. The zero-order valence-corrected chi connectivity index (χ0v) is 11.0. The second-order valence-corrected chi connectivity index (χ2v) is 4.48. The summed E-state index contributed by atoms with van der Waals surface area (Å²) in [6, 6.07) is 6.07. The molecule has 1 rings (SSSR count). The Morgan fingerprint density at radius 1 is 1.33 bits per heavy atom. The molecule has 0 aliphatic heterocycles. The zero-order valence-electron chi connectivity index (χ0n) is 9.24. The predicted molar refractivity (Wildman–Crippen MR) is 72.9 cm³/mol. The molecule has 0 N–H and O–H groups in total. The van der Waals surface area contributed by atoms with Gasteiger partial charge in [-0.15, -0.1) is 25.3 Å². The summed E-state index contributed by atoms with van der Waals surface area (Å²) in [4.78, 5) is 1.76. The van der Waals surface area contributed by atoms with Gasteiger partial charge in [-0.1, -0.05) is 11.6 Å². The molecule has 0 aliphatic rings. The zero-order chi connectivity index (χ0) is 11.4. The van der Waals surface area contributed by atoms with E-state index in [1.165, 1.54) is 5.56 Å². The van der Waals surface area contributed by atoms with Crippen molar-refractivity contribution in [2.75, 3.05) is 6.61 Å². The quantitative estimate of drug-likeness (QED) is 0.761. The molecule has 3 heteroatoms. The van der Waals surface area contributed by atoms with E-state index in [1.807, 2.05) is 32.9 Å². The Hall–Kier alpha value is -0.540. The monoisotopic (exact) mass is 240 g/mol. The van der Waals surface area contributed by atoms with Crippen LogP contribution in [-0.2, 0) is 0 Å². The van der Waals surface area contributed by atoms with Gasteiger partial charge in [0.2, 0.25) is 0 Å². The van der Waals surface area contributed by atoms with Gasteiger partial charge in [-0.2, -0.15) is 0 Å². The summed E-state index contributed by atoms with van der Waals surface area (Å²) in [5, 5.41) is 0. The molecule has 1 aromatic rings. The van der Waals surface area contributed by atoms with Crippen LogP contribution in [0.3, 0.4) is 0 Å². The summed E-state index contributed by atoms with van der Waals surface area (Å²) in [6.45, 7) is 6.60. The fraction of sp³-hybridized carbons (Fsp3) is 0.333. The van der Waals surface area contributed by atoms with Crippen LogP contribution in [0, 0.1) is 6.92 Å². The van der Waals surface area contributed by atoms with Crippen molar-refractivity contribution >= 4 is 30.2 Å². The molecule has 0 saturated carbocycles. The number of thiol groups is 2. The van der Waals surface area contributed by atoms with Gasteiger partial charge in [-0.05, 0) is 37.8 Å². The van der Waals surface area contributed by atoms with Gasteiger partial charge in [0.15, 0.2) is 0 Å². The van der Waals surface area contributed by atoms with Crippen molar-refractivity contribution in [2.24, 2.45) is 0 Å². The molecule has 15 heavy (non-hydrogen) atoms. The lowest BCUT2D eigenvalue weighted by Gasteiger charge is -2.11. The molecule has 0 amide bonds. The van der Waals surface area contributed by atoms with Gasteiger partial charge in [-0.25, -0.2) is 0 Å². The van der Waals surface area contributed by atoms with E-state index in [4.69, 9.17) is 4.74 Å². The minimum Gasteiger partial charge on any atom is -0.493 e. The summed E-state index contributed by atoms with van der Waals surface area (Å²) in [7, 11) is 0. The van der Waals surface area contributed by atoms with E-state index < -0.39 is 0 Å². The molecule has 0 spiro atoms. The van der Waals surface area contributed by atoms with Crippen LogP contribution in [0.5, 0.6) is 5.75 Å². The highest BCUT2D eigenvalue weighted by Crippen LogP contribution is 2.32. The molecule has 1 nitrogen and oxygen atoms in total. The second kappa shape index (κ2) is 5.52. The minimum atomic E-state index is 0.655. The van der Waals surface area contributed by atoms with E-state index >= 15 is 0 Å². The normalized spacial score (nSPS) is 12.3. The number of benzene rings is 1. The first-order chi connectivity index (χ1) is 7.06. The Morgan fingerprint density at radius 2 is 2.00 bits per heavy atom. The molecule has 1 aromatic carbocycles. The Balaban J connectivity index is 3.24. The third-order valence-corrected chi connectivity index (χ3v) is 3.01. The number of hydrogen-bond donors (Lipinski definition) is 2. The van der Waals surface area contributed by atoms with Crippen LogP contribution in [0.1, 0.15) is 25.0 Å². The number of allylic oxidation sites excluding steroid dienone is 1. The highest BCUT2D eigenvalue weighted by molar-refractivity contribution is 7.93. The number of hydrogen-bond acceptors (Lipinski definition) is 3. The van der Waals surface area contributed by atoms with E-state index in [0.717, 1.165) is 21.1 Å². The Kier molecular flexibility index (Phi) is 4.61. The largest absolute Gasteiger partial charge is 0.493 e. The van der Waals surface area contributed by atoms with Crippen LogP contribution in [0.15, 0.2) is 23.1 Å². The van der Waals surface area contributed by atoms with Gasteiger partial charge in [0.25, 0.3) is 0 Å². The number of aryl methyl sites for hydroxylation is 1. The van der Waals surface area contributed by atoms with E-state index in [1.54, 1.807) is 0 Å². The molecule has 0 bridgehead atoms. The van der Waals surface area contributed by atoms with E-state index in [2.05, 4.69) is 31.3 Å². The highest BCUT2D eigenvalue weighted by Gasteiger charge is 2.07. The van der Waals surface area contributed by atoms with Crippen molar-refractivity contribution in [3.05, 3.63) is 34.2 Å². The topological polar surface area (TPSA) is 9.23 Å².